The molecule has 0 aliphatic carbocycles. The number of carbonyl (C=O) groups excluding carboxylic acids is 1. The molecule has 2 aromatic rings. The molecule has 0 fully saturated rings. The van der Waals surface area contributed by atoms with E-state index >= 15 is 0 Å². The average Bonchev–Trinajstić information content (AvgIpc) is 2.48. The van der Waals surface area contributed by atoms with E-state index in [1.807, 2.05) is 49.4 Å². The maximum atomic E-state index is 12.8. The predicted molar refractivity (Wildman–Crippen MR) is 81.3 cm³/mol. The number of hydrogen-bond acceptors (Lipinski definition) is 3. The van der Waals surface area contributed by atoms with E-state index in [1.54, 1.807) is 24.9 Å². The molecule has 4 nitrogen and oxygen atoms in total. The van der Waals surface area contributed by atoms with Gasteiger partial charge in [0.15, 0.2) is 17.2 Å². The van der Waals surface area contributed by atoms with Crippen LogP contribution in [0, 0.1) is 0 Å². The van der Waals surface area contributed by atoms with Crippen molar-refractivity contribution in [3.05, 3.63) is 54.2 Å². The molecular weight excluding hydrogens is 264 g/mol. The molecule has 1 amide bonds. The van der Waals surface area contributed by atoms with Crippen LogP contribution in [0.15, 0.2) is 48.7 Å². The number of rotatable bonds is 2. The molecule has 1 aliphatic rings. The molecule has 0 spiro atoms. The van der Waals surface area contributed by atoms with Crippen LogP contribution in [0.3, 0.4) is 0 Å². The van der Waals surface area contributed by atoms with Gasteiger partial charge in [-0.2, -0.15) is 0 Å². The zero-order valence-corrected chi connectivity index (χ0v) is 12.4. The van der Waals surface area contributed by atoms with Crippen LogP contribution >= 0.6 is 0 Å². The van der Waals surface area contributed by atoms with Crippen molar-refractivity contribution in [2.45, 2.75) is 32.4 Å². The van der Waals surface area contributed by atoms with Gasteiger partial charge >= 0.3 is 0 Å². The molecular formula is C17H18N2O2. The number of pyridine rings is 1. The number of fused-ring (bicyclic) bond motifs is 1. The van der Waals surface area contributed by atoms with Crippen LogP contribution in [0.5, 0.6) is 5.75 Å². The SMILES string of the molecule is CC(c1ccccc1)N1C(=O)C(C)(C)Oc2cccnc21. The molecule has 1 unspecified atom stereocenters. The zero-order chi connectivity index (χ0) is 15.0. The van der Waals surface area contributed by atoms with Crippen LogP contribution in [-0.4, -0.2) is 16.5 Å². The molecule has 4 heteroatoms. The molecule has 1 aromatic heterocycles. The second-order valence-corrected chi connectivity index (χ2v) is 5.70. The van der Waals surface area contributed by atoms with Gasteiger partial charge in [-0.15, -0.1) is 0 Å². The minimum atomic E-state index is -0.890. The van der Waals surface area contributed by atoms with E-state index in [2.05, 4.69) is 4.98 Å². The Morgan fingerprint density at radius 3 is 2.57 bits per heavy atom. The molecule has 3 rings (SSSR count). The Hall–Kier alpha value is -2.36. The minimum Gasteiger partial charge on any atom is -0.474 e. The Morgan fingerprint density at radius 2 is 1.86 bits per heavy atom. The van der Waals surface area contributed by atoms with Gasteiger partial charge in [0.25, 0.3) is 5.91 Å². The van der Waals surface area contributed by atoms with Crippen LogP contribution in [0.1, 0.15) is 32.4 Å². The average molecular weight is 282 g/mol. The molecule has 0 saturated heterocycles. The number of anilines is 1. The third-order valence-corrected chi connectivity index (χ3v) is 3.75. The van der Waals surface area contributed by atoms with Crippen molar-refractivity contribution in [3.63, 3.8) is 0 Å². The normalized spacial score (nSPS) is 17.9. The first-order valence-electron chi connectivity index (χ1n) is 7.03. The third kappa shape index (κ3) is 2.27. The Kier molecular flexibility index (Phi) is 3.16. The van der Waals surface area contributed by atoms with Gasteiger partial charge in [-0.3, -0.25) is 9.69 Å². The quantitative estimate of drug-likeness (QED) is 0.848. The van der Waals surface area contributed by atoms with Crippen LogP contribution < -0.4 is 9.64 Å². The van der Waals surface area contributed by atoms with Crippen LogP contribution in [-0.2, 0) is 4.79 Å². The fourth-order valence-electron chi connectivity index (χ4n) is 2.59. The van der Waals surface area contributed by atoms with Gasteiger partial charge in [0, 0.05) is 6.20 Å². The molecule has 21 heavy (non-hydrogen) atoms. The summed E-state index contributed by atoms with van der Waals surface area (Å²) in [5.41, 5.74) is 0.180. The minimum absolute atomic E-state index is 0.0787. The van der Waals surface area contributed by atoms with Gasteiger partial charge in [0.05, 0.1) is 6.04 Å². The topological polar surface area (TPSA) is 42.4 Å². The standard InChI is InChI=1S/C17H18N2O2/c1-12(13-8-5-4-6-9-13)19-15-14(10-7-11-18-15)21-17(2,3)16(19)20/h4-12H,1-3H3. The van der Waals surface area contributed by atoms with Gasteiger partial charge in [-0.05, 0) is 38.5 Å². The molecule has 2 heterocycles. The van der Waals surface area contributed by atoms with Crippen molar-refractivity contribution in [2.75, 3.05) is 4.90 Å². The van der Waals surface area contributed by atoms with E-state index in [0.29, 0.717) is 11.6 Å². The van der Waals surface area contributed by atoms with Gasteiger partial charge < -0.3 is 4.74 Å². The number of benzene rings is 1. The van der Waals surface area contributed by atoms with Crippen molar-refractivity contribution >= 4 is 11.7 Å². The highest BCUT2D eigenvalue weighted by atomic mass is 16.5. The largest absolute Gasteiger partial charge is 0.474 e. The predicted octanol–water partition coefficient (Wildman–Crippen LogP) is 3.35. The summed E-state index contributed by atoms with van der Waals surface area (Å²) in [5.74, 6) is 1.15. The number of hydrogen-bond donors (Lipinski definition) is 0. The lowest BCUT2D eigenvalue weighted by Gasteiger charge is -2.40. The van der Waals surface area contributed by atoms with E-state index in [4.69, 9.17) is 4.74 Å². The highest BCUT2D eigenvalue weighted by Crippen LogP contribution is 2.40. The summed E-state index contributed by atoms with van der Waals surface area (Å²) in [7, 11) is 0. The molecule has 0 saturated carbocycles. The van der Waals surface area contributed by atoms with Crippen molar-refractivity contribution < 1.29 is 9.53 Å². The number of ether oxygens (including phenoxy) is 1. The summed E-state index contributed by atoms with van der Waals surface area (Å²) in [5, 5.41) is 0. The molecule has 0 radical (unpaired) electrons. The fraction of sp³-hybridized carbons (Fsp3) is 0.294. The van der Waals surface area contributed by atoms with Crippen molar-refractivity contribution in [2.24, 2.45) is 0 Å². The van der Waals surface area contributed by atoms with E-state index in [1.165, 1.54) is 0 Å². The molecule has 0 bridgehead atoms. The Morgan fingerprint density at radius 1 is 1.14 bits per heavy atom. The third-order valence-electron chi connectivity index (χ3n) is 3.75. The summed E-state index contributed by atoms with van der Waals surface area (Å²) >= 11 is 0. The second kappa shape index (κ2) is 4.88. The van der Waals surface area contributed by atoms with Crippen LogP contribution in [0.2, 0.25) is 0 Å². The Balaban J connectivity index is 2.09. The van der Waals surface area contributed by atoms with Gasteiger partial charge in [-0.1, -0.05) is 30.3 Å². The number of carbonyl (C=O) groups is 1. The maximum Gasteiger partial charge on any atom is 0.272 e. The monoisotopic (exact) mass is 282 g/mol. The van der Waals surface area contributed by atoms with Crippen molar-refractivity contribution in [1.82, 2.24) is 4.98 Å². The smallest absolute Gasteiger partial charge is 0.272 e. The van der Waals surface area contributed by atoms with E-state index < -0.39 is 5.60 Å². The van der Waals surface area contributed by atoms with E-state index in [-0.39, 0.29) is 11.9 Å². The summed E-state index contributed by atoms with van der Waals surface area (Å²) < 4.78 is 5.79. The van der Waals surface area contributed by atoms with E-state index in [9.17, 15) is 4.79 Å². The van der Waals surface area contributed by atoms with Crippen molar-refractivity contribution in [1.29, 1.82) is 0 Å². The zero-order valence-electron chi connectivity index (χ0n) is 12.4. The lowest BCUT2D eigenvalue weighted by molar-refractivity contribution is -0.133. The lowest BCUT2D eigenvalue weighted by atomic mass is 10.0. The second-order valence-electron chi connectivity index (χ2n) is 5.70. The first kappa shape index (κ1) is 13.6. The molecule has 1 atom stereocenters. The van der Waals surface area contributed by atoms with Crippen LogP contribution in [0.4, 0.5) is 5.82 Å². The first-order valence-corrected chi connectivity index (χ1v) is 7.03. The molecule has 1 aromatic carbocycles. The summed E-state index contributed by atoms with van der Waals surface area (Å²) in [6.07, 6.45) is 1.68. The Labute approximate surface area is 124 Å². The molecule has 1 aliphatic heterocycles. The van der Waals surface area contributed by atoms with Crippen molar-refractivity contribution in [3.8, 4) is 5.75 Å². The molecule has 0 N–H and O–H groups in total. The Bertz CT molecular complexity index is 668. The first-order chi connectivity index (χ1) is 10.0. The maximum absolute atomic E-state index is 12.8. The molecule has 108 valence electrons. The number of amides is 1. The summed E-state index contributed by atoms with van der Waals surface area (Å²) in [6, 6.07) is 13.5. The number of aromatic nitrogens is 1. The van der Waals surface area contributed by atoms with Gasteiger partial charge in [0.1, 0.15) is 0 Å². The summed E-state index contributed by atoms with van der Waals surface area (Å²) in [4.78, 5) is 18.9. The lowest BCUT2D eigenvalue weighted by Crippen LogP contribution is -2.53. The van der Waals surface area contributed by atoms with E-state index in [0.717, 1.165) is 5.56 Å². The highest BCUT2D eigenvalue weighted by molar-refractivity contribution is 6.01. The van der Waals surface area contributed by atoms with Crippen LogP contribution in [0.25, 0.3) is 0 Å². The fourth-order valence-corrected chi connectivity index (χ4v) is 2.59. The van der Waals surface area contributed by atoms with Gasteiger partial charge in [-0.25, -0.2) is 4.98 Å². The van der Waals surface area contributed by atoms with Gasteiger partial charge in [0.2, 0.25) is 0 Å². The summed E-state index contributed by atoms with van der Waals surface area (Å²) in [6.45, 7) is 5.58. The highest BCUT2D eigenvalue weighted by Gasteiger charge is 2.43. The number of nitrogens with zero attached hydrogens (tertiary/aromatic N) is 2.